The van der Waals surface area contributed by atoms with E-state index < -0.39 is 10.0 Å². The molecule has 2 aromatic rings. The van der Waals surface area contributed by atoms with Crippen molar-refractivity contribution in [1.29, 1.82) is 0 Å². The summed E-state index contributed by atoms with van der Waals surface area (Å²) in [4.78, 5) is 12.8. The van der Waals surface area contributed by atoms with Gasteiger partial charge in [0, 0.05) is 12.1 Å². The molecule has 0 saturated carbocycles. The summed E-state index contributed by atoms with van der Waals surface area (Å²) in [6.45, 7) is 9.32. The van der Waals surface area contributed by atoms with Crippen LogP contribution >= 0.6 is 0 Å². The minimum absolute atomic E-state index is 0.00835. The van der Waals surface area contributed by atoms with Gasteiger partial charge >= 0.3 is 0 Å². The number of amides is 1. The minimum atomic E-state index is -4.06. The van der Waals surface area contributed by atoms with E-state index in [4.69, 9.17) is 9.47 Å². The van der Waals surface area contributed by atoms with E-state index in [-0.39, 0.29) is 29.3 Å². The van der Waals surface area contributed by atoms with Crippen molar-refractivity contribution in [3.63, 3.8) is 0 Å². The van der Waals surface area contributed by atoms with E-state index in [0.29, 0.717) is 17.2 Å². The molecule has 0 heterocycles. The zero-order valence-corrected chi connectivity index (χ0v) is 20.0. The lowest BCUT2D eigenvalue weighted by Crippen LogP contribution is -2.45. The van der Waals surface area contributed by atoms with Crippen LogP contribution in [0.15, 0.2) is 41.3 Å². The SMILES string of the molecule is COc1ccc(S(=O)(=O)N(CC(=O)N[C@@H](C)C(C)C)c2cc(C)cc(C)c2)cc1OC. The number of carbonyl (C=O) groups excluding carboxylic acids is 1. The molecule has 0 fully saturated rings. The second-order valence-corrected chi connectivity index (χ2v) is 9.84. The van der Waals surface area contributed by atoms with Crippen LogP contribution in [-0.4, -0.2) is 41.1 Å². The molecule has 0 aromatic heterocycles. The highest BCUT2D eigenvalue weighted by Gasteiger charge is 2.29. The van der Waals surface area contributed by atoms with E-state index in [1.807, 2.05) is 40.7 Å². The molecule has 1 atom stereocenters. The number of hydrogen-bond acceptors (Lipinski definition) is 5. The monoisotopic (exact) mass is 448 g/mol. The van der Waals surface area contributed by atoms with Crippen molar-refractivity contribution in [3.05, 3.63) is 47.5 Å². The third-order valence-electron chi connectivity index (χ3n) is 5.11. The van der Waals surface area contributed by atoms with Crippen molar-refractivity contribution in [2.24, 2.45) is 5.92 Å². The summed E-state index contributed by atoms with van der Waals surface area (Å²) in [6.07, 6.45) is 0. The first-order chi connectivity index (χ1) is 14.5. The maximum absolute atomic E-state index is 13.6. The molecule has 7 nitrogen and oxygen atoms in total. The summed E-state index contributed by atoms with van der Waals surface area (Å²) in [6, 6.07) is 9.75. The van der Waals surface area contributed by atoms with E-state index in [0.717, 1.165) is 15.4 Å². The Kier molecular flexibility index (Phi) is 7.95. The molecule has 0 aliphatic carbocycles. The molecule has 1 amide bonds. The summed E-state index contributed by atoms with van der Waals surface area (Å²) >= 11 is 0. The Balaban J connectivity index is 2.54. The first kappa shape index (κ1) is 24.5. The number of rotatable bonds is 9. The fraction of sp³-hybridized carbons (Fsp3) is 0.435. The zero-order chi connectivity index (χ0) is 23.3. The largest absolute Gasteiger partial charge is 0.493 e. The Morgan fingerprint density at radius 2 is 1.55 bits per heavy atom. The number of sulfonamides is 1. The Morgan fingerprint density at radius 3 is 2.06 bits per heavy atom. The molecular weight excluding hydrogens is 416 g/mol. The maximum atomic E-state index is 13.6. The summed E-state index contributed by atoms with van der Waals surface area (Å²) in [7, 11) is -1.14. The highest BCUT2D eigenvalue weighted by Crippen LogP contribution is 2.32. The van der Waals surface area contributed by atoms with Gasteiger partial charge in [-0.05, 0) is 62.1 Å². The number of anilines is 1. The van der Waals surface area contributed by atoms with Gasteiger partial charge < -0.3 is 14.8 Å². The number of benzene rings is 2. The van der Waals surface area contributed by atoms with Crippen LogP contribution in [0.5, 0.6) is 11.5 Å². The minimum Gasteiger partial charge on any atom is -0.493 e. The van der Waals surface area contributed by atoms with Crippen molar-refractivity contribution in [1.82, 2.24) is 5.32 Å². The van der Waals surface area contributed by atoms with Crippen molar-refractivity contribution in [3.8, 4) is 11.5 Å². The number of nitrogens with zero attached hydrogens (tertiary/aromatic N) is 1. The fourth-order valence-electron chi connectivity index (χ4n) is 3.11. The van der Waals surface area contributed by atoms with Gasteiger partial charge in [-0.1, -0.05) is 19.9 Å². The Labute approximate surface area is 185 Å². The van der Waals surface area contributed by atoms with Crippen molar-refractivity contribution in [2.75, 3.05) is 25.1 Å². The number of ether oxygens (including phenoxy) is 2. The molecule has 0 aliphatic rings. The first-order valence-electron chi connectivity index (χ1n) is 10.1. The van der Waals surface area contributed by atoms with E-state index >= 15 is 0 Å². The van der Waals surface area contributed by atoms with Crippen LogP contribution in [0.2, 0.25) is 0 Å². The molecule has 170 valence electrons. The van der Waals surface area contributed by atoms with Crippen LogP contribution in [0, 0.1) is 19.8 Å². The lowest BCUT2D eigenvalue weighted by molar-refractivity contribution is -0.120. The summed E-state index contributed by atoms with van der Waals surface area (Å²) in [5.74, 6) is 0.565. The summed E-state index contributed by atoms with van der Waals surface area (Å²) in [5, 5.41) is 2.88. The molecular formula is C23H32N2O5S. The Hall–Kier alpha value is -2.74. The van der Waals surface area contributed by atoms with Crippen LogP contribution in [0.1, 0.15) is 31.9 Å². The van der Waals surface area contributed by atoms with Gasteiger partial charge in [-0.25, -0.2) is 8.42 Å². The predicted octanol–water partition coefficient (Wildman–Crippen LogP) is 3.68. The van der Waals surface area contributed by atoms with Gasteiger partial charge in [-0.2, -0.15) is 0 Å². The Bertz CT molecular complexity index is 1010. The van der Waals surface area contributed by atoms with E-state index in [1.165, 1.54) is 32.4 Å². The van der Waals surface area contributed by atoms with E-state index in [1.54, 1.807) is 12.1 Å². The molecule has 0 bridgehead atoms. The van der Waals surface area contributed by atoms with Crippen LogP contribution in [0.4, 0.5) is 5.69 Å². The third kappa shape index (κ3) is 5.91. The second kappa shape index (κ2) is 10.0. The van der Waals surface area contributed by atoms with Crippen LogP contribution < -0.4 is 19.1 Å². The second-order valence-electron chi connectivity index (χ2n) is 7.97. The molecule has 2 rings (SSSR count). The molecule has 0 saturated heterocycles. The highest BCUT2D eigenvalue weighted by molar-refractivity contribution is 7.92. The summed E-state index contributed by atoms with van der Waals surface area (Å²) < 4.78 is 38.9. The molecule has 31 heavy (non-hydrogen) atoms. The van der Waals surface area contributed by atoms with Gasteiger partial charge in [0.1, 0.15) is 6.54 Å². The lowest BCUT2D eigenvalue weighted by atomic mass is 10.1. The topological polar surface area (TPSA) is 84.9 Å². The quantitative estimate of drug-likeness (QED) is 0.633. The molecule has 2 aromatic carbocycles. The number of nitrogens with one attached hydrogen (secondary N) is 1. The average molecular weight is 449 g/mol. The van der Waals surface area contributed by atoms with Crippen molar-refractivity contribution < 1.29 is 22.7 Å². The van der Waals surface area contributed by atoms with Crippen LogP contribution in [0.3, 0.4) is 0 Å². The molecule has 0 aliphatic heterocycles. The molecule has 0 unspecified atom stereocenters. The maximum Gasteiger partial charge on any atom is 0.264 e. The van der Waals surface area contributed by atoms with E-state index in [2.05, 4.69) is 5.32 Å². The lowest BCUT2D eigenvalue weighted by Gasteiger charge is -2.26. The molecule has 0 radical (unpaired) electrons. The highest BCUT2D eigenvalue weighted by atomic mass is 32.2. The van der Waals surface area contributed by atoms with Crippen molar-refractivity contribution >= 4 is 21.6 Å². The van der Waals surface area contributed by atoms with Gasteiger partial charge in [0.2, 0.25) is 5.91 Å². The van der Waals surface area contributed by atoms with Gasteiger partial charge in [-0.3, -0.25) is 9.10 Å². The van der Waals surface area contributed by atoms with E-state index in [9.17, 15) is 13.2 Å². The van der Waals surface area contributed by atoms with Crippen LogP contribution in [0.25, 0.3) is 0 Å². The fourth-order valence-corrected chi connectivity index (χ4v) is 4.53. The van der Waals surface area contributed by atoms with Crippen molar-refractivity contribution in [2.45, 2.75) is 45.6 Å². The van der Waals surface area contributed by atoms with Gasteiger partial charge in [0.05, 0.1) is 24.8 Å². The third-order valence-corrected chi connectivity index (χ3v) is 6.88. The van der Waals surface area contributed by atoms with Gasteiger partial charge in [0.25, 0.3) is 10.0 Å². The Morgan fingerprint density at radius 1 is 0.968 bits per heavy atom. The molecule has 0 spiro atoms. The zero-order valence-electron chi connectivity index (χ0n) is 19.2. The molecule has 8 heteroatoms. The average Bonchev–Trinajstić information content (AvgIpc) is 2.70. The molecule has 1 N–H and O–H groups in total. The number of hydrogen-bond donors (Lipinski definition) is 1. The number of carbonyl (C=O) groups is 1. The number of methoxy groups -OCH3 is 2. The normalized spacial score (nSPS) is 12.4. The van der Waals surface area contributed by atoms with Gasteiger partial charge in [0.15, 0.2) is 11.5 Å². The summed E-state index contributed by atoms with van der Waals surface area (Å²) in [5.41, 5.74) is 2.23. The smallest absolute Gasteiger partial charge is 0.264 e. The van der Waals surface area contributed by atoms with Crippen LogP contribution in [-0.2, 0) is 14.8 Å². The number of aryl methyl sites for hydroxylation is 2. The standard InChI is InChI=1S/C23H32N2O5S/c1-15(2)18(5)24-23(26)14-25(19-11-16(3)10-17(4)12-19)31(27,28)20-8-9-21(29-6)22(13-20)30-7/h8-13,15,18H,14H2,1-7H3,(H,24,26)/t18-/m0/s1. The first-order valence-corrected chi connectivity index (χ1v) is 11.6. The van der Waals surface area contributed by atoms with Gasteiger partial charge in [-0.15, -0.1) is 0 Å². The predicted molar refractivity (Wildman–Crippen MR) is 122 cm³/mol.